The minimum atomic E-state index is -0.498. The minimum Gasteiger partial charge on any atom is -0.317 e. The van der Waals surface area contributed by atoms with Crippen LogP contribution in [-0.2, 0) is 0 Å². The van der Waals surface area contributed by atoms with Gasteiger partial charge in [0.1, 0.15) is 0 Å². The van der Waals surface area contributed by atoms with E-state index in [-0.39, 0.29) is 5.78 Å². The molecular weight excluding hydrogens is 327 g/mol. The second-order valence-corrected chi connectivity index (χ2v) is 5.02. The number of benzene rings is 1. The van der Waals surface area contributed by atoms with Crippen molar-refractivity contribution >= 4 is 44.9 Å². The van der Waals surface area contributed by atoms with Crippen LogP contribution in [0.2, 0.25) is 10.0 Å². The molecule has 0 aliphatic heterocycles. The SMILES string of the molecule is O=C(c1ccc(Cl)c(Cl)c1)C(Br)n1ccnc1. The van der Waals surface area contributed by atoms with E-state index in [1.54, 1.807) is 41.5 Å². The summed E-state index contributed by atoms with van der Waals surface area (Å²) < 4.78 is 1.66. The first-order valence-corrected chi connectivity index (χ1v) is 6.37. The zero-order valence-corrected chi connectivity index (χ0v) is 11.6. The monoisotopic (exact) mass is 332 g/mol. The molecule has 0 spiro atoms. The lowest BCUT2D eigenvalue weighted by atomic mass is 10.1. The lowest BCUT2D eigenvalue weighted by Crippen LogP contribution is -2.12. The Kier molecular flexibility index (Phi) is 3.86. The van der Waals surface area contributed by atoms with Gasteiger partial charge in [0, 0.05) is 18.0 Å². The van der Waals surface area contributed by atoms with Gasteiger partial charge in [-0.3, -0.25) is 4.79 Å². The highest BCUT2D eigenvalue weighted by Gasteiger charge is 2.18. The van der Waals surface area contributed by atoms with Gasteiger partial charge < -0.3 is 4.57 Å². The molecule has 1 unspecified atom stereocenters. The largest absolute Gasteiger partial charge is 0.317 e. The van der Waals surface area contributed by atoms with Crippen molar-refractivity contribution in [3.8, 4) is 0 Å². The van der Waals surface area contributed by atoms with Crippen LogP contribution in [0.5, 0.6) is 0 Å². The molecule has 17 heavy (non-hydrogen) atoms. The fourth-order valence-corrected chi connectivity index (χ4v) is 2.13. The van der Waals surface area contributed by atoms with Crippen LogP contribution < -0.4 is 0 Å². The fraction of sp³-hybridized carbons (Fsp3) is 0.0909. The number of carbonyl (C=O) groups excluding carboxylic acids is 1. The Morgan fingerprint density at radius 2 is 2.12 bits per heavy atom. The van der Waals surface area contributed by atoms with Gasteiger partial charge in [0.05, 0.1) is 16.4 Å². The number of nitrogens with zero attached hydrogens (tertiary/aromatic N) is 2. The molecule has 2 aromatic rings. The third kappa shape index (κ3) is 2.70. The normalized spacial score (nSPS) is 12.4. The van der Waals surface area contributed by atoms with Gasteiger partial charge in [-0.05, 0) is 18.2 Å². The van der Waals surface area contributed by atoms with E-state index in [4.69, 9.17) is 23.2 Å². The van der Waals surface area contributed by atoms with Gasteiger partial charge in [-0.2, -0.15) is 0 Å². The van der Waals surface area contributed by atoms with Crippen molar-refractivity contribution in [2.45, 2.75) is 4.95 Å². The van der Waals surface area contributed by atoms with Crippen LogP contribution >= 0.6 is 39.1 Å². The van der Waals surface area contributed by atoms with Gasteiger partial charge in [-0.1, -0.05) is 39.1 Å². The number of rotatable bonds is 3. The standard InChI is InChI=1S/C11H7BrCl2N2O/c12-11(16-4-3-15-6-16)10(17)7-1-2-8(13)9(14)5-7/h1-6,11H. The molecule has 0 saturated carbocycles. The average molecular weight is 334 g/mol. The van der Waals surface area contributed by atoms with Crippen LogP contribution in [0.15, 0.2) is 36.9 Å². The van der Waals surface area contributed by atoms with Crippen molar-refractivity contribution in [1.29, 1.82) is 0 Å². The maximum absolute atomic E-state index is 12.1. The molecule has 0 amide bonds. The van der Waals surface area contributed by atoms with Gasteiger partial charge in [-0.25, -0.2) is 4.98 Å². The summed E-state index contributed by atoms with van der Waals surface area (Å²) in [7, 11) is 0. The molecule has 1 heterocycles. The van der Waals surface area contributed by atoms with E-state index in [0.29, 0.717) is 15.6 Å². The quantitative estimate of drug-likeness (QED) is 0.629. The Balaban J connectivity index is 2.28. The molecule has 88 valence electrons. The van der Waals surface area contributed by atoms with Gasteiger partial charge in [0.15, 0.2) is 10.7 Å². The van der Waals surface area contributed by atoms with Crippen molar-refractivity contribution in [3.63, 3.8) is 0 Å². The van der Waals surface area contributed by atoms with Gasteiger partial charge in [0.2, 0.25) is 0 Å². The summed E-state index contributed by atoms with van der Waals surface area (Å²) >= 11 is 15.0. The second kappa shape index (κ2) is 5.21. The molecule has 2 rings (SSSR count). The van der Waals surface area contributed by atoms with Crippen molar-refractivity contribution in [3.05, 3.63) is 52.5 Å². The van der Waals surface area contributed by atoms with E-state index in [1.165, 1.54) is 0 Å². The van der Waals surface area contributed by atoms with E-state index < -0.39 is 4.95 Å². The Labute approximate surface area is 116 Å². The number of carbonyl (C=O) groups is 1. The molecule has 1 atom stereocenters. The van der Waals surface area contributed by atoms with Crippen molar-refractivity contribution in [2.75, 3.05) is 0 Å². The topological polar surface area (TPSA) is 34.9 Å². The van der Waals surface area contributed by atoms with E-state index >= 15 is 0 Å². The van der Waals surface area contributed by atoms with Crippen molar-refractivity contribution in [1.82, 2.24) is 9.55 Å². The molecule has 0 fully saturated rings. The number of hydrogen-bond donors (Lipinski definition) is 0. The number of imidazole rings is 1. The predicted octanol–water partition coefficient (Wildman–Crippen LogP) is 3.97. The fourth-order valence-electron chi connectivity index (χ4n) is 1.33. The molecular formula is C11H7BrCl2N2O. The first kappa shape index (κ1) is 12.6. The zero-order valence-electron chi connectivity index (χ0n) is 8.48. The summed E-state index contributed by atoms with van der Waals surface area (Å²) in [4.78, 5) is 15.5. The zero-order chi connectivity index (χ0) is 12.4. The highest BCUT2D eigenvalue weighted by molar-refractivity contribution is 9.09. The summed E-state index contributed by atoms with van der Waals surface area (Å²) in [5, 5.41) is 0.791. The Bertz CT molecular complexity index is 542. The van der Waals surface area contributed by atoms with Crippen LogP contribution in [0.1, 0.15) is 15.3 Å². The number of Topliss-reactive ketones (excluding diaryl/α,β-unsaturated/α-hetero) is 1. The Hall–Kier alpha value is -0.840. The van der Waals surface area contributed by atoms with Crippen LogP contribution in [-0.4, -0.2) is 15.3 Å². The van der Waals surface area contributed by atoms with Crippen LogP contribution in [0.3, 0.4) is 0 Å². The van der Waals surface area contributed by atoms with Crippen molar-refractivity contribution < 1.29 is 4.79 Å². The third-order valence-electron chi connectivity index (χ3n) is 2.21. The van der Waals surface area contributed by atoms with E-state index in [0.717, 1.165) is 0 Å². The summed E-state index contributed by atoms with van der Waals surface area (Å²) in [5.74, 6) is -0.110. The molecule has 3 nitrogen and oxygen atoms in total. The first-order valence-electron chi connectivity index (χ1n) is 4.70. The summed E-state index contributed by atoms with van der Waals surface area (Å²) in [6.07, 6.45) is 4.88. The highest BCUT2D eigenvalue weighted by Crippen LogP contribution is 2.26. The van der Waals surface area contributed by atoms with Gasteiger partial charge in [-0.15, -0.1) is 0 Å². The number of alkyl halides is 1. The number of hydrogen-bond acceptors (Lipinski definition) is 2. The molecule has 1 aromatic carbocycles. The molecule has 0 aliphatic rings. The summed E-state index contributed by atoms with van der Waals surface area (Å²) in [6.45, 7) is 0. The maximum Gasteiger partial charge on any atom is 0.196 e. The van der Waals surface area contributed by atoms with Crippen LogP contribution in [0.25, 0.3) is 0 Å². The second-order valence-electron chi connectivity index (χ2n) is 3.34. The van der Waals surface area contributed by atoms with Gasteiger partial charge >= 0.3 is 0 Å². The van der Waals surface area contributed by atoms with Crippen molar-refractivity contribution in [2.24, 2.45) is 0 Å². The molecule has 0 radical (unpaired) electrons. The Morgan fingerprint density at radius 3 is 2.71 bits per heavy atom. The molecule has 1 aromatic heterocycles. The molecule has 0 N–H and O–H groups in total. The number of ketones is 1. The van der Waals surface area contributed by atoms with E-state index in [1.807, 2.05) is 0 Å². The summed E-state index contributed by atoms with van der Waals surface area (Å²) in [5.41, 5.74) is 0.495. The first-order chi connectivity index (χ1) is 8.09. The average Bonchev–Trinajstić information content (AvgIpc) is 2.84. The third-order valence-corrected chi connectivity index (χ3v) is 3.83. The smallest absolute Gasteiger partial charge is 0.196 e. The molecule has 0 saturated heterocycles. The molecule has 0 aliphatic carbocycles. The minimum absolute atomic E-state index is 0.110. The van der Waals surface area contributed by atoms with E-state index in [2.05, 4.69) is 20.9 Å². The number of aromatic nitrogens is 2. The lowest BCUT2D eigenvalue weighted by molar-refractivity contribution is 0.0970. The molecule has 0 bridgehead atoms. The van der Waals surface area contributed by atoms with Crippen LogP contribution in [0.4, 0.5) is 0 Å². The van der Waals surface area contributed by atoms with E-state index in [9.17, 15) is 4.79 Å². The lowest BCUT2D eigenvalue weighted by Gasteiger charge is -2.10. The molecule has 6 heteroatoms. The highest BCUT2D eigenvalue weighted by atomic mass is 79.9. The predicted molar refractivity (Wildman–Crippen MR) is 71.0 cm³/mol. The number of halogens is 3. The maximum atomic E-state index is 12.1. The summed E-state index contributed by atoms with van der Waals surface area (Å²) in [6, 6.07) is 4.80. The Morgan fingerprint density at radius 1 is 1.35 bits per heavy atom. The van der Waals surface area contributed by atoms with Gasteiger partial charge in [0.25, 0.3) is 0 Å². The van der Waals surface area contributed by atoms with Crippen LogP contribution in [0, 0.1) is 0 Å².